The summed E-state index contributed by atoms with van der Waals surface area (Å²) in [6.45, 7) is 4.52. The molecular weight excluding hydrogens is 284 g/mol. The molecule has 2 rings (SSSR count). The van der Waals surface area contributed by atoms with Crippen LogP contribution >= 0.6 is 0 Å². The molecule has 1 atom stereocenters. The van der Waals surface area contributed by atoms with Gasteiger partial charge in [0.15, 0.2) is 0 Å². The molecule has 0 bridgehead atoms. The summed E-state index contributed by atoms with van der Waals surface area (Å²) in [5.41, 5.74) is 0. The Balaban J connectivity index is 1.68. The first-order valence-corrected chi connectivity index (χ1v) is 7.55. The van der Waals surface area contributed by atoms with Gasteiger partial charge in [-0.3, -0.25) is 14.6 Å². The predicted molar refractivity (Wildman–Crippen MR) is 83.2 cm³/mol. The molecule has 1 aliphatic rings. The van der Waals surface area contributed by atoms with Gasteiger partial charge in [-0.1, -0.05) is 18.2 Å². The molecule has 0 aliphatic carbocycles. The SMILES string of the molecule is CN(CC(=O)O)CC1CN(CCOc2ccccc2)CCO1. The van der Waals surface area contributed by atoms with Crippen LogP contribution in [0.15, 0.2) is 30.3 Å². The van der Waals surface area contributed by atoms with Crippen molar-refractivity contribution in [1.29, 1.82) is 0 Å². The van der Waals surface area contributed by atoms with Crippen LogP contribution in [0.5, 0.6) is 5.75 Å². The van der Waals surface area contributed by atoms with Crippen LogP contribution in [-0.2, 0) is 9.53 Å². The van der Waals surface area contributed by atoms with Gasteiger partial charge in [0.25, 0.3) is 0 Å². The van der Waals surface area contributed by atoms with Crippen LogP contribution in [0, 0.1) is 0 Å². The summed E-state index contributed by atoms with van der Waals surface area (Å²) < 4.78 is 11.4. The van der Waals surface area contributed by atoms with Crippen LogP contribution in [0.25, 0.3) is 0 Å². The van der Waals surface area contributed by atoms with E-state index in [-0.39, 0.29) is 12.6 Å². The summed E-state index contributed by atoms with van der Waals surface area (Å²) in [6, 6.07) is 9.77. The van der Waals surface area contributed by atoms with Crippen LogP contribution in [0.1, 0.15) is 0 Å². The number of carboxylic acid groups (broad SMARTS) is 1. The van der Waals surface area contributed by atoms with Gasteiger partial charge in [-0.25, -0.2) is 0 Å². The summed E-state index contributed by atoms with van der Waals surface area (Å²) in [6.07, 6.45) is 0.0508. The number of aliphatic carboxylic acids is 1. The van der Waals surface area contributed by atoms with E-state index in [0.29, 0.717) is 19.8 Å². The summed E-state index contributed by atoms with van der Waals surface area (Å²) in [7, 11) is 1.80. The van der Waals surface area contributed by atoms with Gasteiger partial charge in [-0.05, 0) is 19.2 Å². The van der Waals surface area contributed by atoms with Crippen molar-refractivity contribution in [2.45, 2.75) is 6.10 Å². The number of hydrogen-bond acceptors (Lipinski definition) is 5. The molecule has 1 aromatic carbocycles. The van der Waals surface area contributed by atoms with Gasteiger partial charge in [0.2, 0.25) is 0 Å². The fraction of sp³-hybridized carbons (Fsp3) is 0.562. The van der Waals surface area contributed by atoms with Crippen molar-refractivity contribution in [3.63, 3.8) is 0 Å². The summed E-state index contributed by atoms with van der Waals surface area (Å²) in [4.78, 5) is 14.8. The Bertz CT molecular complexity index is 455. The molecular formula is C16H24N2O4. The molecule has 122 valence electrons. The molecule has 1 aliphatic heterocycles. The van der Waals surface area contributed by atoms with Crippen molar-refractivity contribution in [3.8, 4) is 5.75 Å². The van der Waals surface area contributed by atoms with E-state index in [2.05, 4.69) is 4.90 Å². The summed E-state index contributed by atoms with van der Waals surface area (Å²) >= 11 is 0. The van der Waals surface area contributed by atoms with Crippen molar-refractivity contribution in [2.24, 2.45) is 0 Å². The van der Waals surface area contributed by atoms with Crippen LogP contribution in [0.2, 0.25) is 0 Å². The highest BCUT2D eigenvalue weighted by atomic mass is 16.5. The highest BCUT2D eigenvalue weighted by Crippen LogP contribution is 2.10. The molecule has 0 amide bonds. The lowest BCUT2D eigenvalue weighted by molar-refractivity contribution is -0.138. The van der Waals surface area contributed by atoms with Gasteiger partial charge in [0, 0.05) is 26.2 Å². The fourth-order valence-electron chi connectivity index (χ4n) is 2.55. The Morgan fingerprint density at radius 3 is 2.95 bits per heavy atom. The molecule has 1 saturated heterocycles. The second-order valence-electron chi connectivity index (χ2n) is 5.55. The molecule has 1 N–H and O–H groups in total. The lowest BCUT2D eigenvalue weighted by Gasteiger charge is -2.34. The molecule has 6 heteroatoms. The average Bonchev–Trinajstić information content (AvgIpc) is 2.48. The van der Waals surface area contributed by atoms with Gasteiger partial charge in [0.1, 0.15) is 12.4 Å². The number of carboxylic acids is 1. The van der Waals surface area contributed by atoms with Gasteiger partial charge in [-0.15, -0.1) is 0 Å². The zero-order chi connectivity index (χ0) is 15.8. The Kier molecular flexibility index (Phi) is 6.64. The number of likely N-dealkylation sites (N-methyl/N-ethyl adjacent to an activating group) is 1. The number of nitrogens with zero attached hydrogens (tertiary/aromatic N) is 2. The molecule has 0 saturated carbocycles. The first kappa shape index (κ1) is 16.7. The third kappa shape index (κ3) is 6.01. The van der Waals surface area contributed by atoms with Gasteiger partial charge >= 0.3 is 5.97 Å². The normalized spacial score (nSPS) is 19.3. The largest absolute Gasteiger partial charge is 0.492 e. The molecule has 1 fully saturated rings. The standard InChI is InChI=1S/C16H24N2O4/c1-17(13-16(19)20)11-15-12-18(8-10-22-15)7-9-21-14-5-3-2-4-6-14/h2-6,15H,7-13H2,1H3,(H,19,20). The van der Waals surface area contributed by atoms with E-state index in [1.807, 2.05) is 30.3 Å². The van der Waals surface area contributed by atoms with Gasteiger partial charge in [-0.2, -0.15) is 0 Å². The first-order valence-electron chi connectivity index (χ1n) is 7.55. The van der Waals surface area contributed by atoms with E-state index >= 15 is 0 Å². The van der Waals surface area contributed by atoms with E-state index in [1.165, 1.54) is 0 Å². The van der Waals surface area contributed by atoms with E-state index < -0.39 is 5.97 Å². The Hall–Kier alpha value is -1.63. The minimum Gasteiger partial charge on any atom is -0.492 e. The van der Waals surface area contributed by atoms with Crippen LogP contribution in [0.3, 0.4) is 0 Å². The molecule has 6 nitrogen and oxygen atoms in total. The maximum absolute atomic E-state index is 10.7. The summed E-state index contributed by atoms with van der Waals surface area (Å²) in [5.74, 6) is 0.0694. The van der Waals surface area contributed by atoms with Crippen LogP contribution in [0.4, 0.5) is 0 Å². The fourth-order valence-corrected chi connectivity index (χ4v) is 2.55. The zero-order valence-corrected chi connectivity index (χ0v) is 13.0. The Morgan fingerprint density at radius 1 is 1.45 bits per heavy atom. The molecule has 22 heavy (non-hydrogen) atoms. The van der Waals surface area contributed by atoms with Gasteiger partial charge < -0.3 is 14.6 Å². The Morgan fingerprint density at radius 2 is 2.23 bits per heavy atom. The molecule has 0 aromatic heterocycles. The van der Waals surface area contributed by atoms with Gasteiger partial charge in [0.05, 0.1) is 19.3 Å². The number of hydrogen-bond donors (Lipinski definition) is 1. The van der Waals surface area contributed by atoms with Crippen molar-refractivity contribution >= 4 is 5.97 Å². The molecule has 1 aromatic rings. The zero-order valence-electron chi connectivity index (χ0n) is 13.0. The predicted octanol–water partition coefficient (Wildman–Crippen LogP) is 0.783. The topological polar surface area (TPSA) is 62.2 Å². The monoisotopic (exact) mass is 308 g/mol. The maximum Gasteiger partial charge on any atom is 0.317 e. The quantitative estimate of drug-likeness (QED) is 0.766. The lowest BCUT2D eigenvalue weighted by atomic mass is 10.2. The minimum absolute atomic E-state index is 0.0387. The van der Waals surface area contributed by atoms with Crippen molar-refractivity contribution in [2.75, 3.05) is 53.0 Å². The van der Waals surface area contributed by atoms with Crippen molar-refractivity contribution in [3.05, 3.63) is 30.3 Å². The van der Waals surface area contributed by atoms with Crippen LogP contribution in [-0.4, -0.2) is 80.0 Å². The lowest BCUT2D eigenvalue weighted by Crippen LogP contribution is -2.48. The number of morpholine rings is 1. The minimum atomic E-state index is -0.813. The second-order valence-corrected chi connectivity index (χ2v) is 5.55. The third-order valence-electron chi connectivity index (χ3n) is 3.56. The number of ether oxygens (including phenoxy) is 2. The second kappa shape index (κ2) is 8.73. The molecule has 1 heterocycles. The van der Waals surface area contributed by atoms with E-state index in [9.17, 15) is 4.79 Å². The van der Waals surface area contributed by atoms with E-state index in [0.717, 1.165) is 25.4 Å². The maximum atomic E-state index is 10.7. The number of carbonyl (C=O) groups is 1. The van der Waals surface area contributed by atoms with Crippen LogP contribution < -0.4 is 4.74 Å². The number of para-hydroxylation sites is 1. The number of benzene rings is 1. The molecule has 1 unspecified atom stereocenters. The third-order valence-corrected chi connectivity index (χ3v) is 3.56. The highest BCUT2D eigenvalue weighted by molar-refractivity contribution is 5.69. The summed E-state index contributed by atoms with van der Waals surface area (Å²) in [5, 5.41) is 8.78. The average molecular weight is 308 g/mol. The highest BCUT2D eigenvalue weighted by Gasteiger charge is 2.22. The van der Waals surface area contributed by atoms with Crippen molar-refractivity contribution < 1.29 is 19.4 Å². The number of rotatable bonds is 8. The van der Waals surface area contributed by atoms with E-state index in [4.69, 9.17) is 14.6 Å². The van der Waals surface area contributed by atoms with Crippen molar-refractivity contribution in [1.82, 2.24) is 9.80 Å². The van der Waals surface area contributed by atoms with E-state index in [1.54, 1.807) is 11.9 Å². The first-order chi connectivity index (χ1) is 10.6. The smallest absolute Gasteiger partial charge is 0.317 e. The molecule has 0 radical (unpaired) electrons. The Labute approximate surface area is 131 Å². The molecule has 0 spiro atoms.